The van der Waals surface area contributed by atoms with E-state index < -0.39 is 0 Å². The fourth-order valence-electron chi connectivity index (χ4n) is 2.55. The van der Waals surface area contributed by atoms with Crippen LogP contribution in [-0.4, -0.2) is 0 Å². The monoisotopic (exact) mass is 245 g/mol. The van der Waals surface area contributed by atoms with Crippen molar-refractivity contribution in [3.8, 4) is 0 Å². The van der Waals surface area contributed by atoms with E-state index in [4.69, 9.17) is 0 Å². The third kappa shape index (κ3) is 6.23. The van der Waals surface area contributed by atoms with E-state index in [-0.39, 0.29) is 0 Å². The van der Waals surface area contributed by atoms with Gasteiger partial charge in [-0.3, -0.25) is 0 Å². The summed E-state index contributed by atoms with van der Waals surface area (Å²) in [6, 6.07) is 10.9. The van der Waals surface area contributed by atoms with Crippen LogP contribution in [0.25, 0.3) is 0 Å². The van der Waals surface area contributed by atoms with E-state index in [1.54, 1.807) is 0 Å². The summed E-state index contributed by atoms with van der Waals surface area (Å²) in [6.45, 7) is 6.38. The number of hydrogen-bond donors (Lipinski definition) is 0. The molecule has 0 saturated carbocycles. The van der Waals surface area contributed by atoms with Crippen molar-refractivity contribution < 1.29 is 0 Å². The van der Waals surface area contributed by atoms with Gasteiger partial charge >= 0.3 is 0 Å². The van der Waals surface area contributed by atoms with E-state index in [2.05, 4.69) is 44.2 Å². The molecule has 0 bridgehead atoms. The Bertz CT molecular complexity index is 275. The highest BCUT2D eigenvalue weighted by Crippen LogP contribution is 2.25. The lowest BCUT2D eigenvalue weighted by molar-refractivity contribution is 0.534. The molecule has 1 radical (unpaired) electrons. The fourth-order valence-corrected chi connectivity index (χ4v) is 2.55. The van der Waals surface area contributed by atoms with E-state index in [9.17, 15) is 0 Å². The van der Waals surface area contributed by atoms with Gasteiger partial charge in [0.1, 0.15) is 0 Å². The molecule has 0 nitrogen and oxygen atoms in total. The molecule has 0 N–H and O–H groups in total. The summed E-state index contributed by atoms with van der Waals surface area (Å²) in [4.78, 5) is 0. The maximum atomic E-state index is 4.10. The molecular formula is C18H29. The molecule has 0 aliphatic rings. The first kappa shape index (κ1) is 15.3. The van der Waals surface area contributed by atoms with Crippen molar-refractivity contribution in [2.45, 2.75) is 70.6 Å². The molecule has 0 spiro atoms. The maximum Gasteiger partial charge on any atom is -0.0162 e. The maximum absolute atomic E-state index is 4.10. The van der Waals surface area contributed by atoms with Crippen LogP contribution in [-0.2, 0) is 0 Å². The molecule has 0 aliphatic carbocycles. The summed E-state index contributed by atoms with van der Waals surface area (Å²) in [5.41, 5.74) is 1.47. The first-order chi connectivity index (χ1) is 8.88. The SMILES string of the molecule is [CH2]CC(CCCCCCCCC)c1ccccc1. The Morgan fingerprint density at radius 1 is 0.889 bits per heavy atom. The second-order valence-electron chi connectivity index (χ2n) is 5.31. The van der Waals surface area contributed by atoms with Crippen LogP contribution in [0, 0.1) is 6.92 Å². The Kier molecular flexibility index (Phi) is 8.63. The van der Waals surface area contributed by atoms with Gasteiger partial charge in [-0.1, -0.05) is 89.1 Å². The minimum Gasteiger partial charge on any atom is -0.0654 e. The van der Waals surface area contributed by atoms with Crippen molar-refractivity contribution >= 4 is 0 Å². The zero-order chi connectivity index (χ0) is 13.1. The summed E-state index contributed by atoms with van der Waals surface area (Å²) < 4.78 is 0. The second-order valence-corrected chi connectivity index (χ2v) is 5.31. The summed E-state index contributed by atoms with van der Waals surface area (Å²) in [5.74, 6) is 0.668. The van der Waals surface area contributed by atoms with Gasteiger partial charge in [-0.05, 0) is 24.3 Å². The predicted octanol–water partition coefficient (Wildman–Crippen LogP) is 6.14. The first-order valence-corrected chi connectivity index (χ1v) is 7.72. The molecule has 0 amide bonds. The number of rotatable bonds is 10. The zero-order valence-corrected chi connectivity index (χ0v) is 12.0. The van der Waals surface area contributed by atoms with Crippen LogP contribution < -0.4 is 0 Å². The summed E-state index contributed by atoms with van der Waals surface area (Å²) >= 11 is 0. The lowest BCUT2D eigenvalue weighted by Crippen LogP contribution is -1.97. The Morgan fingerprint density at radius 3 is 2.11 bits per heavy atom. The molecule has 101 valence electrons. The standard InChI is InChI=1S/C18H29/c1-3-5-6-7-8-9-11-14-17(4-2)18-15-12-10-13-16-18/h10,12-13,15-17H,2-9,11,14H2,1H3. The molecule has 0 saturated heterocycles. The normalized spacial score (nSPS) is 12.6. The van der Waals surface area contributed by atoms with Crippen LogP contribution in [0.3, 0.4) is 0 Å². The van der Waals surface area contributed by atoms with Crippen LogP contribution in [0.4, 0.5) is 0 Å². The third-order valence-electron chi connectivity index (χ3n) is 3.78. The molecule has 0 fully saturated rings. The molecule has 0 aliphatic heterocycles. The minimum atomic E-state index is 0.668. The largest absolute Gasteiger partial charge is 0.0654 e. The van der Waals surface area contributed by atoms with Crippen molar-refractivity contribution in [2.75, 3.05) is 0 Å². The molecule has 1 rings (SSSR count). The fraction of sp³-hybridized carbons (Fsp3) is 0.611. The number of hydrogen-bond acceptors (Lipinski definition) is 0. The lowest BCUT2D eigenvalue weighted by Gasteiger charge is -2.14. The van der Waals surface area contributed by atoms with Gasteiger partial charge in [0.15, 0.2) is 0 Å². The summed E-state index contributed by atoms with van der Waals surface area (Å²) in [5, 5.41) is 0. The van der Waals surface area contributed by atoms with Crippen LogP contribution in [0.15, 0.2) is 30.3 Å². The van der Waals surface area contributed by atoms with Gasteiger partial charge in [-0.2, -0.15) is 0 Å². The van der Waals surface area contributed by atoms with Crippen LogP contribution in [0.5, 0.6) is 0 Å². The van der Waals surface area contributed by atoms with Gasteiger partial charge in [0, 0.05) is 0 Å². The quantitative estimate of drug-likeness (QED) is 0.435. The van der Waals surface area contributed by atoms with Gasteiger partial charge in [-0.25, -0.2) is 0 Å². The highest BCUT2D eigenvalue weighted by molar-refractivity contribution is 5.19. The smallest absolute Gasteiger partial charge is 0.0162 e. The molecule has 0 heteroatoms. The van der Waals surface area contributed by atoms with E-state index in [1.165, 1.54) is 56.9 Å². The number of benzene rings is 1. The van der Waals surface area contributed by atoms with Gasteiger partial charge in [-0.15, -0.1) is 0 Å². The van der Waals surface area contributed by atoms with Crippen LogP contribution in [0.1, 0.15) is 76.2 Å². The third-order valence-corrected chi connectivity index (χ3v) is 3.78. The first-order valence-electron chi connectivity index (χ1n) is 7.72. The van der Waals surface area contributed by atoms with E-state index in [1.807, 2.05) is 0 Å². The van der Waals surface area contributed by atoms with Crippen LogP contribution >= 0.6 is 0 Å². The molecule has 1 aromatic rings. The van der Waals surface area contributed by atoms with Crippen molar-refractivity contribution in [2.24, 2.45) is 0 Å². The van der Waals surface area contributed by atoms with Gasteiger partial charge in [0.25, 0.3) is 0 Å². The average Bonchev–Trinajstić information content (AvgIpc) is 2.43. The Morgan fingerprint density at radius 2 is 1.50 bits per heavy atom. The second kappa shape index (κ2) is 10.2. The van der Waals surface area contributed by atoms with Crippen molar-refractivity contribution in [3.05, 3.63) is 42.8 Å². The Hall–Kier alpha value is -0.780. The van der Waals surface area contributed by atoms with Crippen molar-refractivity contribution in [1.29, 1.82) is 0 Å². The topological polar surface area (TPSA) is 0 Å². The van der Waals surface area contributed by atoms with Gasteiger partial charge in [0.05, 0.1) is 0 Å². The molecule has 1 aromatic carbocycles. The van der Waals surface area contributed by atoms with E-state index >= 15 is 0 Å². The minimum absolute atomic E-state index is 0.668. The van der Waals surface area contributed by atoms with Crippen molar-refractivity contribution in [1.82, 2.24) is 0 Å². The highest BCUT2D eigenvalue weighted by atomic mass is 14.1. The van der Waals surface area contributed by atoms with E-state index in [0.29, 0.717) is 5.92 Å². The molecule has 0 heterocycles. The highest BCUT2D eigenvalue weighted by Gasteiger charge is 2.07. The van der Waals surface area contributed by atoms with Gasteiger partial charge < -0.3 is 0 Å². The predicted molar refractivity (Wildman–Crippen MR) is 81.8 cm³/mol. The molecule has 1 atom stereocenters. The summed E-state index contributed by atoms with van der Waals surface area (Å²) in [7, 11) is 0. The zero-order valence-electron chi connectivity index (χ0n) is 12.0. The Labute approximate surface area is 114 Å². The molecule has 1 unspecified atom stereocenters. The number of unbranched alkanes of at least 4 members (excludes halogenated alkanes) is 6. The Balaban J connectivity index is 2.13. The lowest BCUT2D eigenvalue weighted by atomic mass is 9.91. The molecule has 0 aromatic heterocycles. The molecular weight excluding hydrogens is 216 g/mol. The van der Waals surface area contributed by atoms with Crippen LogP contribution in [0.2, 0.25) is 0 Å². The average molecular weight is 245 g/mol. The molecule has 18 heavy (non-hydrogen) atoms. The van der Waals surface area contributed by atoms with E-state index in [0.717, 1.165) is 6.42 Å². The summed E-state index contributed by atoms with van der Waals surface area (Å²) in [6.07, 6.45) is 12.1. The van der Waals surface area contributed by atoms with Crippen molar-refractivity contribution in [3.63, 3.8) is 0 Å². The van der Waals surface area contributed by atoms with Gasteiger partial charge in [0.2, 0.25) is 0 Å².